The third kappa shape index (κ3) is 3.74. The van der Waals surface area contributed by atoms with Crippen molar-refractivity contribution in [1.82, 2.24) is 5.32 Å². The van der Waals surface area contributed by atoms with Gasteiger partial charge in [-0.15, -0.1) is 0 Å². The summed E-state index contributed by atoms with van der Waals surface area (Å²) in [6.07, 6.45) is 3.53. The summed E-state index contributed by atoms with van der Waals surface area (Å²) in [5.41, 5.74) is 1.94. The largest absolute Gasteiger partial charge is 0.497 e. The number of ether oxygens (including phenoxy) is 2. The summed E-state index contributed by atoms with van der Waals surface area (Å²) in [4.78, 5) is 27.2. The van der Waals surface area contributed by atoms with Crippen LogP contribution in [0.25, 0.3) is 0 Å². The fraction of sp³-hybridized carbons (Fsp3) is 0.417. The second-order valence-electron chi connectivity index (χ2n) is 8.16. The predicted molar refractivity (Wildman–Crippen MR) is 115 cm³/mol. The first kappa shape index (κ1) is 20.3. The van der Waals surface area contributed by atoms with Crippen LogP contribution in [0.5, 0.6) is 11.5 Å². The van der Waals surface area contributed by atoms with Crippen LogP contribution in [-0.2, 0) is 15.0 Å². The van der Waals surface area contributed by atoms with Gasteiger partial charge < -0.3 is 19.7 Å². The number of hydrogen-bond donors (Lipinski definition) is 1. The van der Waals surface area contributed by atoms with Crippen molar-refractivity contribution in [3.8, 4) is 11.5 Å². The number of nitrogens with zero attached hydrogens (tertiary/aromatic N) is 1. The van der Waals surface area contributed by atoms with Crippen molar-refractivity contribution >= 4 is 17.5 Å². The second kappa shape index (κ2) is 8.38. The molecular weight excluding hydrogens is 380 g/mol. The molecular formula is C24H28N2O4. The van der Waals surface area contributed by atoms with E-state index in [9.17, 15) is 9.59 Å². The van der Waals surface area contributed by atoms with Gasteiger partial charge in [0.05, 0.1) is 25.8 Å². The molecule has 0 radical (unpaired) electrons. The van der Waals surface area contributed by atoms with E-state index in [-0.39, 0.29) is 29.6 Å². The molecule has 2 fully saturated rings. The number of amides is 2. The number of methoxy groups -OCH3 is 2. The minimum Gasteiger partial charge on any atom is -0.497 e. The van der Waals surface area contributed by atoms with Crippen LogP contribution in [-0.4, -0.2) is 39.1 Å². The summed E-state index contributed by atoms with van der Waals surface area (Å²) < 4.78 is 10.7. The molecule has 0 bridgehead atoms. The summed E-state index contributed by atoms with van der Waals surface area (Å²) in [6, 6.07) is 15.7. The zero-order valence-corrected chi connectivity index (χ0v) is 17.5. The van der Waals surface area contributed by atoms with Crippen LogP contribution < -0.4 is 19.7 Å². The van der Waals surface area contributed by atoms with Crippen LogP contribution in [0.1, 0.15) is 31.2 Å². The zero-order valence-electron chi connectivity index (χ0n) is 17.5. The SMILES string of the molecule is COc1ccc(OC)c(N2CC(C(=O)NCC3(c4ccccc4)CCC3)CC2=O)c1. The Morgan fingerprint density at radius 3 is 2.53 bits per heavy atom. The van der Waals surface area contributed by atoms with E-state index in [1.165, 1.54) is 12.0 Å². The molecule has 1 aliphatic carbocycles. The second-order valence-corrected chi connectivity index (χ2v) is 8.16. The van der Waals surface area contributed by atoms with Crippen molar-refractivity contribution in [2.75, 3.05) is 32.2 Å². The maximum Gasteiger partial charge on any atom is 0.227 e. The molecule has 2 aromatic carbocycles. The Hall–Kier alpha value is -3.02. The van der Waals surface area contributed by atoms with Gasteiger partial charge in [-0.25, -0.2) is 0 Å². The average molecular weight is 408 g/mol. The highest BCUT2D eigenvalue weighted by Crippen LogP contribution is 2.43. The molecule has 1 saturated carbocycles. The fourth-order valence-electron chi connectivity index (χ4n) is 4.49. The lowest BCUT2D eigenvalue weighted by Crippen LogP contribution is -2.47. The predicted octanol–water partition coefficient (Wildman–Crippen LogP) is 3.29. The highest BCUT2D eigenvalue weighted by molar-refractivity contribution is 6.01. The van der Waals surface area contributed by atoms with Gasteiger partial charge in [0.2, 0.25) is 11.8 Å². The number of nitrogens with one attached hydrogen (secondary N) is 1. The Morgan fingerprint density at radius 2 is 1.90 bits per heavy atom. The fourth-order valence-corrected chi connectivity index (χ4v) is 4.49. The molecule has 1 atom stereocenters. The molecule has 0 spiro atoms. The molecule has 1 unspecified atom stereocenters. The molecule has 2 aliphatic rings. The smallest absolute Gasteiger partial charge is 0.227 e. The summed E-state index contributed by atoms with van der Waals surface area (Å²) in [6.45, 7) is 0.954. The summed E-state index contributed by atoms with van der Waals surface area (Å²) in [5, 5.41) is 3.14. The number of carbonyl (C=O) groups excluding carboxylic acids is 2. The van der Waals surface area contributed by atoms with Gasteiger partial charge in [-0.2, -0.15) is 0 Å². The first-order valence-corrected chi connectivity index (χ1v) is 10.4. The van der Waals surface area contributed by atoms with Crippen molar-refractivity contribution in [2.45, 2.75) is 31.1 Å². The van der Waals surface area contributed by atoms with Crippen LogP contribution in [0.4, 0.5) is 5.69 Å². The van der Waals surface area contributed by atoms with Crippen molar-refractivity contribution in [3.05, 3.63) is 54.1 Å². The normalized spacial score (nSPS) is 19.9. The maximum atomic E-state index is 12.9. The van der Waals surface area contributed by atoms with Gasteiger partial charge in [0, 0.05) is 31.0 Å². The van der Waals surface area contributed by atoms with E-state index in [4.69, 9.17) is 9.47 Å². The minimum absolute atomic E-state index is 0.0231. The lowest BCUT2D eigenvalue weighted by Gasteiger charge is -2.42. The van der Waals surface area contributed by atoms with Crippen molar-refractivity contribution in [1.29, 1.82) is 0 Å². The van der Waals surface area contributed by atoms with Gasteiger partial charge in [0.1, 0.15) is 11.5 Å². The van der Waals surface area contributed by atoms with Gasteiger partial charge in [0.15, 0.2) is 0 Å². The van der Waals surface area contributed by atoms with Crippen LogP contribution >= 0.6 is 0 Å². The lowest BCUT2D eigenvalue weighted by atomic mass is 9.64. The van der Waals surface area contributed by atoms with E-state index < -0.39 is 0 Å². The molecule has 0 aromatic heterocycles. The van der Waals surface area contributed by atoms with Crippen LogP contribution in [0.2, 0.25) is 0 Å². The molecule has 30 heavy (non-hydrogen) atoms. The van der Waals surface area contributed by atoms with Gasteiger partial charge in [-0.3, -0.25) is 9.59 Å². The Kier molecular flexibility index (Phi) is 5.66. The number of carbonyl (C=O) groups is 2. The Morgan fingerprint density at radius 1 is 1.13 bits per heavy atom. The molecule has 1 heterocycles. The highest BCUT2D eigenvalue weighted by atomic mass is 16.5. The molecule has 2 aromatic rings. The first-order chi connectivity index (χ1) is 14.6. The van der Waals surface area contributed by atoms with E-state index in [0.717, 1.165) is 12.8 Å². The minimum atomic E-state index is -0.374. The quantitative estimate of drug-likeness (QED) is 0.763. The van der Waals surface area contributed by atoms with Crippen molar-refractivity contribution in [3.63, 3.8) is 0 Å². The van der Waals surface area contributed by atoms with E-state index >= 15 is 0 Å². The maximum absolute atomic E-state index is 12.9. The molecule has 1 aliphatic heterocycles. The van der Waals surface area contributed by atoms with E-state index in [0.29, 0.717) is 30.3 Å². The molecule has 158 valence electrons. The Labute approximate surface area is 177 Å². The summed E-state index contributed by atoms with van der Waals surface area (Å²) >= 11 is 0. The van der Waals surface area contributed by atoms with Gasteiger partial charge >= 0.3 is 0 Å². The standard InChI is InChI=1S/C24H28N2O4/c1-29-19-9-10-21(30-2)20(14-19)26-15-17(13-22(26)27)23(28)25-16-24(11-6-12-24)18-7-4-3-5-8-18/h3-5,7-10,14,17H,6,11-13,15-16H2,1-2H3,(H,25,28). The number of rotatable bonds is 7. The number of hydrogen-bond acceptors (Lipinski definition) is 4. The number of anilines is 1. The topological polar surface area (TPSA) is 67.9 Å². The average Bonchev–Trinajstić information content (AvgIpc) is 3.14. The highest BCUT2D eigenvalue weighted by Gasteiger charge is 2.41. The molecule has 1 N–H and O–H groups in total. The zero-order chi connectivity index (χ0) is 21.1. The first-order valence-electron chi connectivity index (χ1n) is 10.4. The lowest BCUT2D eigenvalue weighted by molar-refractivity contribution is -0.126. The van der Waals surface area contributed by atoms with Crippen LogP contribution in [0.15, 0.2) is 48.5 Å². The van der Waals surface area contributed by atoms with Gasteiger partial charge in [-0.1, -0.05) is 36.8 Å². The molecule has 1 saturated heterocycles. The van der Waals surface area contributed by atoms with E-state index in [2.05, 4.69) is 17.4 Å². The van der Waals surface area contributed by atoms with Gasteiger partial charge in [0.25, 0.3) is 0 Å². The van der Waals surface area contributed by atoms with Crippen LogP contribution in [0, 0.1) is 5.92 Å². The van der Waals surface area contributed by atoms with E-state index in [1.54, 1.807) is 37.3 Å². The molecule has 6 nitrogen and oxygen atoms in total. The third-order valence-corrected chi connectivity index (χ3v) is 6.47. The summed E-state index contributed by atoms with van der Waals surface area (Å²) in [5.74, 6) is 0.711. The number of benzene rings is 2. The molecule has 2 amide bonds. The van der Waals surface area contributed by atoms with Crippen LogP contribution in [0.3, 0.4) is 0 Å². The van der Waals surface area contributed by atoms with Crippen molar-refractivity contribution < 1.29 is 19.1 Å². The monoisotopic (exact) mass is 408 g/mol. The summed E-state index contributed by atoms with van der Waals surface area (Å²) in [7, 11) is 3.15. The van der Waals surface area contributed by atoms with Crippen molar-refractivity contribution in [2.24, 2.45) is 5.92 Å². The Balaban J connectivity index is 1.44. The van der Waals surface area contributed by atoms with E-state index in [1.807, 2.05) is 18.2 Å². The van der Waals surface area contributed by atoms with Gasteiger partial charge in [-0.05, 0) is 30.5 Å². The molecule has 6 heteroatoms. The molecule has 4 rings (SSSR count). The Bertz CT molecular complexity index is 924. The third-order valence-electron chi connectivity index (χ3n) is 6.47.